The van der Waals surface area contributed by atoms with Crippen molar-refractivity contribution in [3.63, 3.8) is 0 Å². The van der Waals surface area contributed by atoms with E-state index in [1.165, 1.54) is 11.3 Å². The highest BCUT2D eigenvalue weighted by Crippen LogP contribution is 2.27. The molecule has 1 heterocycles. The third kappa shape index (κ3) is 6.75. The first-order valence-electron chi connectivity index (χ1n) is 11.8. The Morgan fingerprint density at radius 1 is 0.853 bits per heavy atom. The SMILES string of the molecule is C[C@@H](NC(=O)CN1CCN(c2ccccc2)CC1)[C@H](Cc1ccc(Cl)cc1)c1ccc(Cl)cc1. The van der Waals surface area contributed by atoms with Crippen LogP contribution in [0.3, 0.4) is 0 Å². The smallest absolute Gasteiger partial charge is 0.234 e. The van der Waals surface area contributed by atoms with Gasteiger partial charge in [-0.25, -0.2) is 0 Å². The molecule has 6 heteroatoms. The van der Waals surface area contributed by atoms with Crippen molar-refractivity contribution in [1.82, 2.24) is 10.2 Å². The van der Waals surface area contributed by atoms with Crippen LogP contribution in [0, 0.1) is 0 Å². The predicted molar refractivity (Wildman–Crippen MR) is 142 cm³/mol. The van der Waals surface area contributed by atoms with Crippen LogP contribution in [0.5, 0.6) is 0 Å². The summed E-state index contributed by atoms with van der Waals surface area (Å²) in [5, 5.41) is 4.69. The molecule has 4 nitrogen and oxygen atoms in total. The summed E-state index contributed by atoms with van der Waals surface area (Å²) in [4.78, 5) is 17.6. The zero-order chi connectivity index (χ0) is 23.9. The van der Waals surface area contributed by atoms with Crippen molar-refractivity contribution in [2.75, 3.05) is 37.6 Å². The van der Waals surface area contributed by atoms with E-state index in [-0.39, 0.29) is 17.9 Å². The molecule has 3 aromatic carbocycles. The van der Waals surface area contributed by atoms with Crippen LogP contribution in [-0.4, -0.2) is 49.6 Å². The first kappa shape index (κ1) is 24.6. The van der Waals surface area contributed by atoms with Gasteiger partial charge in [-0.3, -0.25) is 9.69 Å². The van der Waals surface area contributed by atoms with Gasteiger partial charge in [0.05, 0.1) is 6.54 Å². The quantitative estimate of drug-likeness (QED) is 0.438. The molecule has 0 unspecified atom stereocenters. The number of carbonyl (C=O) groups excluding carboxylic acids is 1. The van der Waals surface area contributed by atoms with E-state index in [0.29, 0.717) is 11.6 Å². The molecule has 0 bridgehead atoms. The summed E-state index contributed by atoms with van der Waals surface area (Å²) >= 11 is 12.2. The lowest BCUT2D eigenvalue weighted by atomic mass is 9.86. The molecule has 1 amide bonds. The largest absolute Gasteiger partial charge is 0.369 e. The van der Waals surface area contributed by atoms with E-state index in [1.807, 2.05) is 54.6 Å². The van der Waals surface area contributed by atoms with E-state index in [4.69, 9.17) is 23.2 Å². The minimum Gasteiger partial charge on any atom is -0.369 e. The maximum absolute atomic E-state index is 13.0. The van der Waals surface area contributed by atoms with Gasteiger partial charge in [0.1, 0.15) is 0 Å². The Kier molecular flexibility index (Phi) is 8.49. The Hall–Kier alpha value is -2.53. The van der Waals surface area contributed by atoms with Crippen LogP contribution in [0.2, 0.25) is 10.0 Å². The van der Waals surface area contributed by atoms with E-state index in [9.17, 15) is 4.79 Å². The van der Waals surface area contributed by atoms with Crippen molar-refractivity contribution >= 4 is 34.8 Å². The van der Waals surface area contributed by atoms with Gasteiger partial charge in [-0.15, -0.1) is 0 Å². The zero-order valence-corrected chi connectivity index (χ0v) is 21.0. The van der Waals surface area contributed by atoms with E-state index >= 15 is 0 Å². The van der Waals surface area contributed by atoms with Crippen LogP contribution in [-0.2, 0) is 11.2 Å². The lowest BCUT2D eigenvalue weighted by Crippen LogP contribution is -2.51. The lowest BCUT2D eigenvalue weighted by Gasteiger charge is -2.36. The third-order valence-electron chi connectivity index (χ3n) is 6.52. The van der Waals surface area contributed by atoms with Gasteiger partial charge in [-0.05, 0) is 60.9 Å². The summed E-state index contributed by atoms with van der Waals surface area (Å²) in [5.74, 6) is 0.188. The van der Waals surface area contributed by atoms with E-state index in [1.54, 1.807) is 0 Å². The van der Waals surface area contributed by atoms with Gasteiger partial charge in [0.15, 0.2) is 0 Å². The van der Waals surface area contributed by atoms with Gasteiger partial charge < -0.3 is 10.2 Å². The van der Waals surface area contributed by atoms with Crippen LogP contribution >= 0.6 is 23.2 Å². The van der Waals surface area contributed by atoms with Crippen LogP contribution < -0.4 is 10.2 Å². The second-order valence-corrected chi connectivity index (χ2v) is 9.82. The molecule has 0 spiro atoms. The van der Waals surface area contributed by atoms with Crippen LogP contribution in [0.4, 0.5) is 5.69 Å². The number of amides is 1. The van der Waals surface area contributed by atoms with Gasteiger partial charge in [0.2, 0.25) is 5.91 Å². The highest BCUT2D eigenvalue weighted by atomic mass is 35.5. The highest BCUT2D eigenvalue weighted by molar-refractivity contribution is 6.30. The average Bonchev–Trinajstić information content (AvgIpc) is 2.85. The molecular weight excluding hydrogens is 465 g/mol. The Bertz CT molecular complexity index is 1050. The van der Waals surface area contributed by atoms with Gasteiger partial charge >= 0.3 is 0 Å². The number of hydrogen-bond acceptors (Lipinski definition) is 3. The summed E-state index contributed by atoms with van der Waals surface area (Å²) in [6.45, 7) is 6.11. The number of nitrogens with zero attached hydrogens (tertiary/aromatic N) is 2. The minimum atomic E-state index is -0.0324. The monoisotopic (exact) mass is 495 g/mol. The molecule has 2 atom stereocenters. The Morgan fingerprint density at radius 2 is 1.44 bits per heavy atom. The van der Waals surface area contributed by atoms with Crippen molar-refractivity contribution < 1.29 is 4.79 Å². The van der Waals surface area contributed by atoms with Crippen molar-refractivity contribution in [3.05, 3.63) is 100 Å². The number of halogens is 2. The molecule has 1 fully saturated rings. The number of hydrogen-bond donors (Lipinski definition) is 1. The predicted octanol–water partition coefficient (Wildman–Crippen LogP) is 5.65. The number of rotatable bonds is 8. The van der Waals surface area contributed by atoms with Crippen molar-refractivity contribution in [2.24, 2.45) is 0 Å². The molecule has 0 radical (unpaired) electrons. The number of anilines is 1. The molecule has 0 aromatic heterocycles. The first-order chi connectivity index (χ1) is 16.5. The van der Waals surface area contributed by atoms with Crippen LogP contribution in [0.15, 0.2) is 78.9 Å². The summed E-state index contributed by atoms with van der Waals surface area (Å²) < 4.78 is 0. The fraction of sp³-hybridized carbons (Fsp3) is 0.321. The fourth-order valence-electron chi connectivity index (χ4n) is 4.57. The lowest BCUT2D eigenvalue weighted by molar-refractivity contribution is -0.123. The van der Waals surface area contributed by atoms with Gasteiger partial charge in [-0.1, -0.05) is 65.7 Å². The minimum absolute atomic E-state index is 0.0324. The summed E-state index contributed by atoms with van der Waals surface area (Å²) in [7, 11) is 0. The average molecular weight is 496 g/mol. The van der Waals surface area contributed by atoms with Crippen LogP contribution in [0.1, 0.15) is 24.0 Å². The topological polar surface area (TPSA) is 35.6 Å². The number of piperazine rings is 1. The standard InChI is InChI=1S/C28H31Cl2N3O/c1-21(27(23-9-13-25(30)14-10-23)19-22-7-11-24(29)12-8-22)31-28(34)20-32-15-17-33(18-16-32)26-5-3-2-4-6-26/h2-14,21,27H,15-20H2,1H3,(H,31,34)/t21-,27+/m1/s1. The maximum Gasteiger partial charge on any atom is 0.234 e. The summed E-state index contributed by atoms with van der Waals surface area (Å²) in [5.41, 5.74) is 3.58. The maximum atomic E-state index is 13.0. The second kappa shape index (κ2) is 11.7. The molecule has 34 heavy (non-hydrogen) atoms. The molecule has 1 aliphatic rings. The molecule has 4 rings (SSSR count). The first-order valence-corrected chi connectivity index (χ1v) is 12.5. The van der Waals surface area contributed by atoms with E-state index in [0.717, 1.165) is 43.2 Å². The fourth-order valence-corrected chi connectivity index (χ4v) is 4.83. The van der Waals surface area contributed by atoms with Gasteiger partial charge in [0.25, 0.3) is 0 Å². The number of nitrogens with one attached hydrogen (secondary N) is 1. The summed E-state index contributed by atoms with van der Waals surface area (Å²) in [6.07, 6.45) is 0.802. The van der Waals surface area contributed by atoms with Crippen molar-refractivity contribution in [2.45, 2.75) is 25.3 Å². The molecule has 178 valence electrons. The number of para-hydroxylation sites is 1. The Morgan fingerprint density at radius 3 is 2.06 bits per heavy atom. The number of carbonyl (C=O) groups is 1. The normalized spacial score (nSPS) is 16.1. The molecule has 3 aromatic rings. The van der Waals surface area contributed by atoms with Crippen molar-refractivity contribution in [1.29, 1.82) is 0 Å². The molecular formula is C28H31Cl2N3O. The summed E-state index contributed by atoms with van der Waals surface area (Å²) in [6, 6.07) is 26.3. The van der Waals surface area contributed by atoms with Crippen LogP contribution in [0.25, 0.3) is 0 Å². The van der Waals surface area contributed by atoms with Gasteiger partial charge in [0, 0.05) is 53.9 Å². The van der Waals surface area contributed by atoms with E-state index < -0.39 is 0 Å². The van der Waals surface area contributed by atoms with Crippen molar-refractivity contribution in [3.8, 4) is 0 Å². The van der Waals surface area contributed by atoms with Gasteiger partial charge in [-0.2, -0.15) is 0 Å². The highest BCUT2D eigenvalue weighted by Gasteiger charge is 2.24. The molecule has 1 saturated heterocycles. The molecule has 1 N–H and O–H groups in total. The Balaban J connectivity index is 1.35. The second-order valence-electron chi connectivity index (χ2n) is 8.94. The third-order valence-corrected chi connectivity index (χ3v) is 7.02. The van der Waals surface area contributed by atoms with E-state index in [2.05, 4.69) is 46.3 Å². The molecule has 1 aliphatic heterocycles. The number of benzene rings is 3. The molecule has 0 saturated carbocycles. The molecule has 0 aliphatic carbocycles. The Labute approximate surface area is 212 Å². The zero-order valence-electron chi connectivity index (χ0n) is 19.5.